The number of nitrogens with zero attached hydrogens (tertiary/aromatic N) is 1. The molecule has 2 aromatic carbocycles. The maximum absolute atomic E-state index is 5.92. The molecule has 0 atom stereocenters. The predicted molar refractivity (Wildman–Crippen MR) is 114 cm³/mol. The third-order valence-corrected chi connectivity index (χ3v) is 5.89. The Kier molecular flexibility index (Phi) is 7.00. The molecule has 0 saturated heterocycles. The normalized spacial score (nSPS) is 11.3. The van der Waals surface area contributed by atoms with Crippen LogP contribution in [0.2, 0.25) is 5.02 Å². The van der Waals surface area contributed by atoms with Gasteiger partial charge in [-0.3, -0.25) is 4.99 Å². The Morgan fingerprint density at radius 3 is 2.54 bits per heavy atom. The second kappa shape index (κ2) is 9.45. The first-order chi connectivity index (χ1) is 12.6. The van der Waals surface area contributed by atoms with Gasteiger partial charge in [0.1, 0.15) is 5.76 Å². The van der Waals surface area contributed by atoms with E-state index in [1.165, 1.54) is 18.4 Å². The highest BCUT2D eigenvalue weighted by Crippen LogP contribution is 2.36. The van der Waals surface area contributed by atoms with Gasteiger partial charge in [0.25, 0.3) is 0 Å². The smallest absolute Gasteiger partial charge is 0.179 e. The summed E-state index contributed by atoms with van der Waals surface area (Å²) in [5.41, 5.74) is 2.28. The van der Waals surface area contributed by atoms with E-state index in [0.717, 1.165) is 31.6 Å². The molecule has 0 spiro atoms. The highest BCUT2D eigenvalue weighted by Gasteiger charge is 2.09. The highest BCUT2D eigenvalue weighted by atomic mass is 79.9. The van der Waals surface area contributed by atoms with Gasteiger partial charge in [0.05, 0.1) is 16.4 Å². The standard InChI is InChI=1S/C21H19BrClNOS/c1-2-3-4-15-5-9-17(10-6-15)24-14-18-13-20(22)21(25-18)26-19-11-7-16(23)8-12-19/h5-14H,2-4H2,1H3. The number of halogens is 2. The van der Waals surface area contributed by atoms with Crippen LogP contribution < -0.4 is 0 Å². The molecule has 1 heterocycles. The fourth-order valence-electron chi connectivity index (χ4n) is 2.38. The van der Waals surface area contributed by atoms with Gasteiger partial charge in [-0.2, -0.15) is 0 Å². The second-order valence-corrected chi connectivity index (χ2v) is 8.21. The number of furan rings is 1. The Bertz CT molecular complexity index is 872. The number of hydrogen-bond donors (Lipinski definition) is 0. The van der Waals surface area contributed by atoms with Crippen molar-refractivity contribution in [2.45, 2.75) is 36.2 Å². The minimum Gasteiger partial charge on any atom is -0.447 e. The first-order valence-electron chi connectivity index (χ1n) is 8.50. The van der Waals surface area contributed by atoms with Gasteiger partial charge in [-0.25, -0.2) is 0 Å². The van der Waals surface area contributed by atoms with Gasteiger partial charge < -0.3 is 4.42 Å². The number of hydrogen-bond acceptors (Lipinski definition) is 3. The van der Waals surface area contributed by atoms with Crippen LogP contribution in [0.15, 0.2) is 78.5 Å². The molecule has 0 aliphatic carbocycles. The SMILES string of the molecule is CCCCc1ccc(N=Cc2cc(Br)c(Sc3ccc(Cl)cc3)o2)cc1. The number of benzene rings is 2. The minimum atomic E-state index is 0.711. The fourth-order valence-corrected chi connectivity index (χ4v) is 3.84. The summed E-state index contributed by atoms with van der Waals surface area (Å²) in [6.07, 6.45) is 5.30. The summed E-state index contributed by atoms with van der Waals surface area (Å²) in [6.45, 7) is 2.21. The summed E-state index contributed by atoms with van der Waals surface area (Å²) in [5, 5.41) is 1.52. The van der Waals surface area contributed by atoms with Crippen LogP contribution in [0.3, 0.4) is 0 Å². The van der Waals surface area contributed by atoms with Gasteiger partial charge in [0, 0.05) is 16.0 Å². The van der Waals surface area contributed by atoms with Crippen LogP contribution in [0, 0.1) is 0 Å². The molecule has 0 radical (unpaired) electrons. The van der Waals surface area contributed by atoms with Gasteiger partial charge in [0.2, 0.25) is 0 Å². The summed E-state index contributed by atoms with van der Waals surface area (Å²) in [6, 6.07) is 18.0. The molecule has 0 saturated carbocycles. The van der Waals surface area contributed by atoms with Crippen LogP contribution in [0.1, 0.15) is 31.1 Å². The first-order valence-corrected chi connectivity index (χ1v) is 10.5. The van der Waals surface area contributed by atoms with Crippen molar-refractivity contribution in [2.75, 3.05) is 0 Å². The van der Waals surface area contributed by atoms with Gasteiger partial charge in [0.15, 0.2) is 5.09 Å². The van der Waals surface area contributed by atoms with Crippen molar-refractivity contribution in [3.63, 3.8) is 0 Å². The quantitative estimate of drug-likeness (QED) is 0.343. The van der Waals surface area contributed by atoms with Crippen LogP contribution >= 0.6 is 39.3 Å². The van der Waals surface area contributed by atoms with Crippen LogP contribution in [0.25, 0.3) is 0 Å². The van der Waals surface area contributed by atoms with E-state index in [9.17, 15) is 0 Å². The van der Waals surface area contributed by atoms with Crippen LogP contribution in [-0.2, 0) is 6.42 Å². The predicted octanol–water partition coefficient (Wildman–Crippen LogP) is 7.94. The summed E-state index contributed by atoms with van der Waals surface area (Å²) in [5.74, 6) is 0.711. The van der Waals surface area contributed by atoms with Crippen molar-refractivity contribution in [3.05, 3.63) is 75.4 Å². The Morgan fingerprint density at radius 1 is 1.12 bits per heavy atom. The molecule has 0 bridgehead atoms. The second-order valence-electron chi connectivity index (χ2n) is 5.87. The monoisotopic (exact) mass is 447 g/mol. The third kappa shape index (κ3) is 5.50. The lowest BCUT2D eigenvalue weighted by molar-refractivity contribution is 0.466. The highest BCUT2D eigenvalue weighted by molar-refractivity contribution is 9.10. The molecule has 3 rings (SSSR count). The fraction of sp³-hybridized carbons (Fsp3) is 0.190. The van der Waals surface area contributed by atoms with Crippen LogP contribution in [-0.4, -0.2) is 6.21 Å². The van der Waals surface area contributed by atoms with E-state index in [1.54, 1.807) is 18.0 Å². The largest absolute Gasteiger partial charge is 0.447 e. The van der Waals surface area contributed by atoms with Crippen LogP contribution in [0.4, 0.5) is 5.69 Å². The summed E-state index contributed by atoms with van der Waals surface area (Å²) >= 11 is 11.0. The van der Waals surface area contributed by atoms with Crippen molar-refractivity contribution in [1.29, 1.82) is 0 Å². The van der Waals surface area contributed by atoms with E-state index < -0.39 is 0 Å². The zero-order valence-corrected chi connectivity index (χ0v) is 17.6. The molecule has 0 N–H and O–H groups in total. The lowest BCUT2D eigenvalue weighted by Crippen LogP contribution is -1.83. The number of aliphatic imine (C=N–C) groups is 1. The topological polar surface area (TPSA) is 25.5 Å². The van der Waals surface area contributed by atoms with Crippen molar-refractivity contribution in [2.24, 2.45) is 4.99 Å². The van der Waals surface area contributed by atoms with E-state index in [-0.39, 0.29) is 0 Å². The molecule has 0 amide bonds. The molecule has 134 valence electrons. The maximum Gasteiger partial charge on any atom is 0.179 e. The van der Waals surface area contributed by atoms with Crippen molar-refractivity contribution in [1.82, 2.24) is 0 Å². The molecule has 26 heavy (non-hydrogen) atoms. The van der Waals surface area contributed by atoms with E-state index in [1.807, 2.05) is 42.5 Å². The first kappa shape index (κ1) is 19.3. The molecule has 3 aromatic rings. The van der Waals surface area contributed by atoms with Crippen molar-refractivity contribution < 1.29 is 4.42 Å². The van der Waals surface area contributed by atoms with Crippen molar-refractivity contribution >= 4 is 51.2 Å². The average Bonchev–Trinajstić information content (AvgIpc) is 3.00. The zero-order chi connectivity index (χ0) is 18.4. The zero-order valence-electron chi connectivity index (χ0n) is 14.4. The summed E-state index contributed by atoms with van der Waals surface area (Å²) in [4.78, 5) is 5.57. The molecular formula is C21H19BrClNOS. The third-order valence-electron chi connectivity index (χ3n) is 3.79. The van der Waals surface area contributed by atoms with E-state index >= 15 is 0 Å². The number of unbranched alkanes of at least 4 members (excludes halogenated alkanes) is 1. The average molecular weight is 449 g/mol. The maximum atomic E-state index is 5.92. The molecule has 2 nitrogen and oxygen atoms in total. The summed E-state index contributed by atoms with van der Waals surface area (Å²) < 4.78 is 6.79. The molecule has 0 unspecified atom stereocenters. The van der Waals surface area contributed by atoms with E-state index in [0.29, 0.717) is 5.76 Å². The number of rotatable bonds is 7. The lowest BCUT2D eigenvalue weighted by atomic mass is 10.1. The summed E-state index contributed by atoms with van der Waals surface area (Å²) in [7, 11) is 0. The Morgan fingerprint density at radius 2 is 1.85 bits per heavy atom. The molecule has 0 aliphatic heterocycles. The van der Waals surface area contributed by atoms with E-state index in [4.69, 9.17) is 16.0 Å². The van der Waals surface area contributed by atoms with Gasteiger partial charge in [-0.15, -0.1) is 0 Å². The van der Waals surface area contributed by atoms with E-state index in [2.05, 4.69) is 40.0 Å². The van der Waals surface area contributed by atoms with Crippen LogP contribution in [0.5, 0.6) is 0 Å². The van der Waals surface area contributed by atoms with Gasteiger partial charge in [-0.1, -0.05) is 48.8 Å². The molecule has 0 aliphatic rings. The minimum absolute atomic E-state index is 0.711. The molecule has 1 aromatic heterocycles. The Labute approximate surface area is 171 Å². The molecule has 5 heteroatoms. The van der Waals surface area contributed by atoms with Gasteiger partial charge >= 0.3 is 0 Å². The molecule has 0 fully saturated rings. The number of aryl methyl sites for hydroxylation is 1. The van der Waals surface area contributed by atoms with Gasteiger partial charge in [-0.05, 0) is 70.7 Å². The Hall–Kier alpha value is -1.49. The Balaban J connectivity index is 1.66. The lowest BCUT2D eigenvalue weighted by Gasteiger charge is -2.00. The molecular weight excluding hydrogens is 430 g/mol. The van der Waals surface area contributed by atoms with Crippen molar-refractivity contribution in [3.8, 4) is 0 Å².